The summed E-state index contributed by atoms with van der Waals surface area (Å²) in [6, 6.07) is 15.9. The number of unbranched alkanes of at least 4 members (excludes halogenated alkanes) is 1. The lowest BCUT2D eigenvalue weighted by Crippen LogP contribution is -2.52. The van der Waals surface area contributed by atoms with Crippen LogP contribution < -0.4 is 9.62 Å². The second kappa shape index (κ2) is 14.0. The smallest absolute Gasteiger partial charge is 0.264 e. The average Bonchev–Trinajstić information content (AvgIpc) is 2.93. The summed E-state index contributed by atoms with van der Waals surface area (Å²) in [5.41, 5.74) is 1.09. The van der Waals surface area contributed by atoms with E-state index in [9.17, 15) is 26.8 Å². The first-order valence-electron chi connectivity index (χ1n) is 13.2. The Morgan fingerprint density at radius 2 is 1.57 bits per heavy atom. The van der Waals surface area contributed by atoms with Gasteiger partial charge in [-0.3, -0.25) is 13.9 Å². The average molecular weight is 572 g/mol. The standard InChI is InChI=1S/C30H35F2N3O4S/c1-4-6-19-33-30(37)27(5-2)34(20-23-13-15-24(31)16-14-23)29(36)21-35(28-10-8-7-9-26(28)32)40(38,39)25-17-11-22(3)12-18-25/h7-18,27H,4-6,19-21H2,1-3H3,(H,33,37). The van der Waals surface area contributed by atoms with Crippen molar-refractivity contribution in [2.24, 2.45) is 0 Å². The quantitative estimate of drug-likeness (QED) is 0.286. The van der Waals surface area contributed by atoms with Gasteiger partial charge < -0.3 is 10.2 Å². The molecule has 0 aliphatic carbocycles. The van der Waals surface area contributed by atoms with Crippen LogP contribution in [0.2, 0.25) is 0 Å². The molecule has 3 rings (SSSR count). The topological polar surface area (TPSA) is 86.8 Å². The first-order valence-corrected chi connectivity index (χ1v) is 14.7. The van der Waals surface area contributed by atoms with Gasteiger partial charge in [0, 0.05) is 13.1 Å². The third-order valence-electron chi connectivity index (χ3n) is 6.49. The second-order valence-electron chi connectivity index (χ2n) is 9.49. The molecule has 1 atom stereocenters. The fraction of sp³-hybridized carbons (Fsp3) is 0.333. The van der Waals surface area contributed by atoms with Crippen LogP contribution in [0.1, 0.15) is 44.2 Å². The Morgan fingerprint density at radius 3 is 2.17 bits per heavy atom. The molecule has 3 aromatic rings. The number of nitrogens with one attached hydrogen (secondary N) is 1. The number of hydrogen-bond donors (Lipinski definition) is 1. The third kappa shape index (κ3) is 7.65. The van der Waals surface area contributed by atoms with Crippen molar-refractivity contribution in [2.75, 3.05) is 17.4 Å². The fourth-order valence-electron chi connectivity index (χ4n) is 4.22. The maximum atomic E-state index is 15.0. The molecule has 0 heterocycles. The molecular weight excluding hydrogens is 536 g/mol. The van der Waals surface area contributed by atoms with Crippen LogP contribution >= 0.6 is 0 Å². The predicted molar refractivity (Wildman–Crippen MR) is 151 cm³/mol. The number of hydrogen-bond acceptors (Lipinski definition) is 4. The van der Waals surface area contributed by atoms with Gasteiger partial charge in [-0.05, 0) is 61.7 Å². The summed E-state index contributed by atoms with van der Waals surface area (Å²) in [4.78, 5) is 28.2. The molecule has 1 N–H and O–H groups in total. The molecule has 10 heteroatoms. The minimum absolute atomic E-state index is 0.0749. The van der Waals surface area contributed by atoms with Crippen molar-refractivity contribution in [1.82, 2.24) is 10.2 Å². The minimum Gasteiger partial charge on any atom is -0.354 e. The zero-order chi connectivity index (χ0) is 29.3. The van der Waals surface area contributed by atoms with Crippen LogP contribution in [0.25, 0.3) is 0 Å². The summed E-state index contributed by atoms with van der Waals surface area (Å²) in [5, 5.41) is 2.84. The summed E-state index contributed by atoms with van der Waals surface area (Å²) >= 11 is 0. The molecule has 0 aliphatic heterocycles. The van der Waals surface area contributed by atoms with Crippen molar-refractivity contribution >= 4 is 27.5 Å². The number of rotatable bonds is 13. The summed E-state index contributed by atoms with van der Waals surface area (Å²) in [5.74, 6) is -2.37. The number of halogens is 2. The van der Waals surface area contributed by atoms with Gasteiger partial charge in [0.15, 0.2) is 0 Å². The number of benzene rings is 3. The van der Waals surface area contributed by atoms with Crippen LogP contribution in [0.15, 0.2) is 77.7 Å². The number of nitrogens with zero attached hydrogens (tertiary/aromatic N) is 2. The molecule has 2 amide bonds. The van der Waals surface area contributed by atoms with E-state index in [1.54, 1.807) is 26.0 Å². The van der Waals surface area contributed by atoms with E-state index in [0.29, 0.717) is 12.1 Å². The van der Waals surface area contributed by atoms with Crippen molar-refractivity contribution in [3.05, 3.63) is 95.6 Å². The Kier molecular flexibility index (Phi) is 10.8. The number of para-hydroxylation sites is 1. The molecule has 1 unspecified atom stereocenters. The summed E-state index contributed by atoms with van der Waals surface area (Å²) in [7, 11) is -4.37. The lowest BCUT2D eigenvalue weighted by molar-refractivity contribution is -0.140. The highest BCUT2D eigenvalue weighted by atomic mass is 32.2. The van der Waals surface area contributed by atoms with E-state index in [1.807, 2.05) is 6.92 Å². The molecule has 0 fully saturated rings. The lowest BCUT2D eigenvalue weighted by Gasteiger charge is -2.33. The van der Waals surface area contributed by atoms with Gasteiger partial charge in [-0.15, -0.1) is 0 Å². The molecule has 0 saturated heterocycles. The van der Waals surface area contributed by atoms with Gasteiger partial charge in [-0.25, -0.2) is 17.2 Å². The Bertz CT molecular complexity index is 1400. The monoisotopic (exact) mass is 571 g/mol. The number of aryl methyl sites for hydroxylation is 1. The summed E-state index contributed by atoms with van der Waals surface area (Å²) in [6.07, 6.45) is 1.86. The molecular formula is C30H35F2N3O4S. The molecule has 0 aliphatic rings. The van der Waals surface area contributed by atoms with E-state index in [2.05, 4.69) is 5.32 Å². The third-order valence-corrected chi connectivity index (χ3v) is 8.26. The van der Waals surface area contributed by atoms with Crippen molar-refractivity contribution < 1.29 is 26.8 Å². The Labute approximate surface area is 234 Å². The van der Waals surface area contributed by atoms with E-state index in [4.69, 9.17) is 0 Å². The highest BCUT2D eigenvalue weighted by Gasteiger charge is 2.34. The molecule has 7 nitrogen and oxygen atoms in total. The largest absolute Gasteiger partial charge is 0.354 e. The van der Waals surface area contributed by atoms with Gasteiger partial charge in [-0.2, -0.15) is 0 Å². The van der Waals surface area contributed by atoms with E-state index >= 15 is 0 Å². The zero-order valence-corrected chi connectivity index (χ0v) is 23.8. The summed E-state index contributed by atoms with van der Waals surface area (Å²) in [6.45, 7) is 5.13. The number of carbonyl (C=O) groups excluding carboxylic acids is 2. The molecule has 0 aromatic heterocycles. The SMILES string of the molecule is CCCCNC(=O)C(CC)N(Cc1ccc(F)cc1)C(=O)CN(c1ccccc1F)S(=O)(=O)c1ccc(C)cc1. The van der Waals surface area contributed by atoms with Crippen LogP contribution in [0, 0.1) is 18.6 Å². The summed E-state index contributed by atoms with van der Waals surface area (Å²) < 4.78 is 56.8. The second-order valence-corrected chi connectivity index (χ2v) is 11.4. The number of carbonyl (C=O) groups is 2. The molecule has 0 bridgehead atoms. The molecule has 3 aromatic carbocycles. The van der Waals surface area contributed by atoms with Crippen LogP contribution in [0.4, 0.5) is 14.5 Å². The lowest BCUT2D eigenvalue weighted by atomic mass is 10.1. The highest BCUT2D eigenvalue weighted by Crippen LogP contribution is 2.27. The van der Waals surface area contributed by atoms with Crippen molar-refractivity contribution in [2.45, 2.75) is 57.5 Å². The molecule has 0 saturated carbocycles. The van der Waals surface area contributed by atoms with Crippen LogP contribution in [-0.4, -0.2) is 44.3 Å². The Hall–Kier alpha value is -3.79. The Balaban J connectivity index is 2.04. The number of sulfonamides is 1. The van der Waals surface area contributed by atoms with Gasteiger partial charge >= 0.3 is 0 Å². The molecule has 0 spiro atoms. The van der Waals surface area contributed by atoms with Gasteiger partial charge in [0.05, 0.1) is 10.6 Å². The van der Waals surface area contributed by atoms with Crippen molar-refractivity contribution in [3.8, 4) is 0 Å². The minimum atomic E-state index is -4.37. The van der Waals surface area contributed by atoms with Crippen LogP contribution in [0.3, 0.4) is 0 Å². The van der Waals surface area contributed by atoms with E-state index in [1.165, 1.54) is 59.5 Å². The normalized spacial score (nSPS) is 12.0. The van der Waals surface area contributed by atoms with Crippen LogP contribution in [0.5, 0.6) is 0 Å². The van der Waals surface area contributed by atoms with Gasteiger partial charge in [0.25, 0.3) is 10.0 Å². The highest BCUT2D eigenvalue weighted by molar-refractivity contribution is 7.92. The predicted octanol–water partition coefficient (Wildman–Crippen LogP) is 5.19. The van der Waals surface area contributed by atoms with Crippen molar-refractivity contribution in [3.63, 3.8) is 0 Å². The van der Waals surface area contributed by atoms with E-state index in [0.717, 1.165) is 28.8 Å². The first-order chi connectivity index (χ1) is 19.1. The van der Waals surface area contributed by atoms with Gasteiger partial charge in [-0.1, -0.05) is 62.2 Å². The van der Waals surface area contributed by atoms with Gasteiger partial charge in [0.1, 0.15) is 24.2 Å². The van der Waals surface area contributed by atoms with Crippen molar-refractivity contribution in [1.29, 1.82) is 0 Å². The Morgan fingerprint density at radius 1 is 0.925 bits per heavy atom. The first kappa shape index (κ1) is 30.7. The number of anilines is 1. The van der Waals surface area contributed by atoms with E-state index in [-0.39, 0.29) is 29.5 Å². The fourth-order valence-corrected chi connectivity index (χ4v) is 5.64. The molecule has 40 heavy (non-hydrogen) atoms. The van der Waals surface area contributed by atoms with E-state index < -0.39 is 40.2 Å². The zero-order valence-electron chi connectivity index (χ0n) is 22.9. The molecule has 0 radical (unpaired) electrons. The number of amides is 2. The maximum absolute atomic E-state index is 15.0. The van der Waals surface area contributed by atoms with Crippen LogP contribution in [-0.2, 0) is 26.2 Å². The molecule has 214 valence electrons. The van der Waals surface area contributed by atoms with Gasteiger partial charge in [0.2, 0.25) is 11.8 Å². The maximum Gasteiger partial charge on any atom is 0.264 e.